The van der Waals surface area contributed by atoms with Crippen LogP contribution >= 0.6 is 0 Å². The second kappa shape index (κ2) is 7.61. The number of nitrogens with one attached hydrogen (secondary N) is 1. The van der Waals surface area contributed by atoms with E-state index >= 15 is 0 Å². The Bertz CT molecular complexity index is 806. The van der Waals surface area contributed by atoms with Gasteiger partial charge in [-0.2, -0.15) is 0 Å². The van der Waals surface area contributed by atoms with Gasteiger partial charge in [0.25, 0.3) is 0 Å². The van der Waals surface area contributed by atoms with Gasteiger partial charge in [-0.25, -0.2) is 21.9 Å². The number of morpholine rings is 1. The SMILES string of the molecule is O=S(=O)(NC[C@H](c1ccco1)N1CCOCC1)c1cc(F)ccc1F. The molecule has 1 saturated heterocycles. The van der Waals surface area contributed by atoms with E-state index in [0.717, 1.165) is 12.1 Å². The molecule has 1 fully saturated rings. The molecule has 0 bridgehead atoms. The third-order valence-corrected chi connectivity index (χ3v) is 5.45. The van der Waals surface area contributed by atoms with Crippen molar-refractivity contribution in [1.29, 1.82) is 0 Å². The maximum absolute atomic E-state index is 13.8. The molecule has 0 unspecified atom stereocenters. The number of rotatable bonds is 6. The van der Waals surface area contributed by atoms with Gasteiger partial charge in [0.1, 0.15) is 22.3 Å². The molecule has 136 valence electrons. The van der Waals surface area contributed by atoms with E-state index in [1.54, 1.807) is 12.1 Å². The molecule has 2 aromatic rings. The molecule has 1 aromatic carbocycles. The number of sulfonamides is 1. The number of furan rings is 1. The minimum absolute atomic E-state index is 0.0359. The molecule has 1 atom stereocenters. The molecule has 0 spiro atoms. The third kappa shape index (κ3) is 4.24. The normalized spacial score (nSPS) is 17.5. The van der Waals surface area contributed by atoms with Crippen molar-refractivity contribution in [2.75, 3.05) is 32.8 Å². The fourth-order valence-corrected chi connectivity index (χ4v) is 3.85. The molecule has 2 heterocycles. The van der Waals surface area contributed by atoms with E-state index in [0.29, 0.717) is 38.1 Å². The summed E-state index contributed by atoms with van der Waals surface area (Å²) in [5.41, 5.74) is 0. The Labute approximate surface area is 144 Å². The molecule has 0 aliphatic carbocycles. The fourth-order valence-electron chi connectivity index (χ4n) is 2.73. The standard InChI is InChI=1S/C16H18F2N2O4S/c17-12-3-4-13(18)16(10-12)25(21,22)19-11-14(15-2-1-7-24-15)20-5-8-23-9-6-20/h1-4,7,10,14,19H,5-6,8-9,11H2/t14-/m1/s1. The summed E-state index contributed by atoms with van der Waals surface area (Å²) in [4.78, 5) is 1.31. The number of halogens is 2. The average molecular weight is 372 g/mol. The maximum Gasteiger partial charge on any atom is 0.243 e. The van der Waals surface area contributed by atoms with Gasteiger partial charge in [0, 0.05) is 19.6 Å². The summed E-state index contributed by atoms with van der Waals surface area (Å²) >= 11 is 0. The predicted molar refractivity (Wildman–Crippen MR) is 85.4 cm³/mol. The van der Waals surface area contributed by atoms with Crippen LogP contribution in [0.2, 0.25) is 0 Å². The molecule has 1 aliphatic rings. The lowest BCUT2D eigenvalue weighted by Crippen LogP contribution is -2.43. The van der Waals surface area contributed by atoms with E-state index < -0.39 is 26.6 Å². The predicted octanol–water partition coefficient (Wildman–Crippen LogP) is 1.91. The summed E-state index contributed by atoms with van der Waals surface area (Å²) in [5.74, 6) is -1.24. The van der Waals surface area contributed by atoms with Crippen molar-refractivity contribution in [1.82, 2.24) is 9.62 Å². The number of benzene rings is 1. The van der Waals surface area contributed by atoms with E-state index in [4.69, 9.17) is 9.15 Å². The van der Waals surface area contributed by atoms with E-state index in [1.807, 2.05) is 4.90 Å². The van der Waals surface area contributed by atoms with Gasteiger partial charge in [-0.15, -0.1) is 0 Å². The highest BCUT2D eigenvalue weighted by Crippen LogP contribution is 2.23. The van der Waals surface area contributed by atoms with E-state index in [-0.39, 0.29) is 12.6 Å². The van der Waals surface area contributed by atoms with Gasteiger partial charge in [0.2, 0.25) is 10.0 Å². The lowest BCUT2D eigenvalue weighted by atomic mass is 10.2. The van der Waals surface area contributed by atoms with Gasteiger partial charge in [-0.3, -0.25) is 4.90 Å². The zero-order valence-electron chi connectivity index (χ0n) is 13.3. The summed E-state index contributed by atoms with van der Waals surface area (Å²) in [5, 5.41) is 0. The largest absolute Gasteiger partial charge is 0.468 e. The van der Waals surface area contributed by atoms with Crippen molar-refractivity contribution >= 4 is 10.0 Å². The molecule has 1 N–H and O–H groups in total. The highest BCUT2D eigenvalue weighted by molar-refractivity contribution is 7.89. The van der Waals surface area contributed by atoms with Crippen molar-refractivity contribution < 1.29 is 26.4 Å². The second-order valence-electron chi connectivity index (χ2n) is 5.61. The smallest absolute Gasteiger partial charge is 0.243 e. The zero-order chi connectivity index (χ0) is 17.9. The van der Waals surface area contributed by atoms with Crippen LogP contribution in [0.25, 0.3) is 0 Å². The summed E-state index contributed by atoms with van der Waals surface area (Å²) < 4.78 is 64.9. The molecular formula is C16H18F2N2O4S. The van der Waals surface area contributed by atoms with Crippen LogP contribution in [0.5, 0.6) is 0 Å². The van der Waals surface area contributed by atoms with Gasteiger partial charge >= 0.3 is 0 Å². The van der Waals surface area contributed by atoms with Crippen molar-refractivity contribution in [2.24, 2.45) is 0 Å². The van der Waals surface area contributed by atoms with Crippen molar-refractivity contribution in [2.45, 2.75) is 10.9 Å². The monoisotopic (exact) mass is 372 g/mol. The first-order valence-corrected chi connectivity index (χ1v) is 9.25. The maximum atomic E-state index is 13.8. The summed E-state index contributed by atoms with van der Waals surface area (Å²) in [6.07, 6.45) is 1.50. The highest BCUT2D eigenvalue weighted by Gasteiger charge is 2.28. The number of ether oxygens (including phenoxy) is 1. The molecule has 1 aromatic heterocycles. The Morgan fingerprint density at radius 2 is 1.96 bits per heavy atom. The summed E-state index contributed by atoms with van der Waals surface area (Å²) in [6, 6.07) is 5.41. The van der Waals surface area contributed by atoms with Crippen LogP contribution in [0.4, 0.5) is 8.78 Å². The molecule has 9 heteroatoms. The molecule has 0 radical (unpaired) electrons. The van der Waals surface area contributed by atoms with Crippen LogP contribution in [0, 0.1) is 11.6 Å². The minimum atomic E-state index is -4.20. The molecule has 0 saturated carbocycles. The Morgan fingerprint density at radius 3 is 2.64 bits per heavy atom. The van der Waals surface area contributed by atoms with Gasteiger partial charge in [-0.05, 0) is 30.3 Å². The Hall–Kier alpha value is -1.81. The lowest BCUT2D eigenvalue weighted by Gasteiger charge is -2.33. The lowest BCUT2D eigenvalue weighted by molar-refractivity contribution is 0.0128. The first-order valence-electron chi connectivity index (χ1n) is 7.77. The summed E-state index contributed by atoms with van der Waals surface area (Å²) in [7, 11) is -4.20. The average Bonchev–Trinajstić information content (AvgIpc) is 3.12. The van der Waals surface area contributed by atoms with Crippen LogP contribution in [0.15, 0.2) is 45.9 Å². The van der Waals surface area contributed by atoms with Gasteiger partial charge in [0.15, 0.2) is 0 Å². The molecule has 25 heavy (non-hydrogen) atoms. The van der Waals surface area contributed by atoms with E-state index in [1.165, 1.54) is 6.26 Å². The summed E-state index contributed by atoms with van der Waals surface area (Å²) in [6.45, 7) is 2.25. The van der Waals surface area contributed by atoms with E-state index in [9.17, 15) is 17.2 Å². The zero-order valence-corrected chi connectivity index (χ0v) is 14.1. The number of hydrogen-bond donors (Lipinski definition) is 1. The molecular weight excluding hydrogens is 354 g/mol. The first-order chi connectivity index (χ1) is 12.0. The fraction of sp³-hybridized carbons (Fsp3) is 0.375. The Balaban J connectivity index is 1.79. The molecule has 1 aliphatic heterocycles. The first kappa shape index (κ1) is 18.0. The third-order valence-electron chi connectivity index (χ3n) is 4.01. The van der Waals surface area contributed by atoms with Crippen LogP contribution in [0.3, 0.4) is 0 Å². The van der Waals surface area contributed by atoms with Crippen LogP contribution in [-0.4, -0.2) is 46.2 Å². The highest BCUT2D eigenvalue weighted by atomic mass is 32.2. The second-order valence-corrected chi connectivity index (χ2v) is 7.34. The number of nitrogens with zero attached hydrogens (tertiary/aromatic N) is 1. The molecule has 0 amide bonds. The van der Waals surface area contributed by atoms with E-state index in [2.05, 4.69) is 4.72 Å². The van der Waals surface area contributed by atoms with Crippen molar-refractivity contribution in [3.05, 3.63) is 54.0 Å². The minimum Gasteiger partial charge on any atom is -0.468 e. The van der Waals surface area contributed by atoms with Gasteiger partial charge in [-0.1, -0.05) is 0 Å². The Kier molecular flexibility index (Phi) is 5.48. The van der Waals surface area contributed by atoms with Gasteiger partial charge < -0.3 is 9.15 Å². The van der Waals surface area contributed by atoms with Crippen LogP contribution < -0.4 is 4.72 Å². The molecule has 3 rings (SSSR count). The van der Waals surface area contributed by atoms with Crippen molar-refractivity contribution in [3.63, 3.8) is 0 Å². The van der Waals surface area contributed by atoms with Crippen LogP contribution in [-0.2, 0) is 14.8 Å². The quantitative estimate of drug-likeness (QED) is 0.839. The Morgan fingerprint density at radius 1 is 1.20 bits per heavy atom. The van der Waals surface area contributed by atoms with Crippen LogP contribution in [0.1, 0.15) is 11.8 Å². The molecule has 6 nitrogen and oxygen atoms in total. The topological polar surface area (TPSA) is 71.8 Å². The van der Waals surface area contributed by atoms with Gasteiger partial charge in [0.05, 0.1) is 25.5 Å². The number of hydrogen-bond acceptors (Lipinski definition) is 5. The van der Waals surface area contributed by atoms with Crippen molar-refractivity contribution in [3.8, 4) is 0 Å².